The number of nitrogens with zero attached hydrogens (tertiary/aromatic N) is 1. The van der Waals surface area contributed by atoms with Crippen molar-refractivity contribution < 1.29 is 35.9 Å². The summed E-state index contributed by atoms with van der Waals surface area (Å²) in [6.45, 7) is 3.56. The summed E-state index contributed by atoms with van der Waals surface area (Å²) >= 11 is 0. The molecule has 0 aliphatic carbocycles. The van der Waals surface area contributed by atoms with Crippen molar-refractivity contribution in [1.82, 2.24) is 0 Å². The number of hydrogen-bond acceptors (Lipinski definition) is 4. The van der Waals surface area contributed by atoms with E-state index in [1.54, 1.807) is 0 Å². The Morgan fingerprint density at radius 2 is 1.52 bits per heavy atom. The Labute approximate surface area is 161 Å². The largest absolute Gasteiger partial charge is 1.00 e. The van der Waals surface area contributed by atoms with Crippen LogP contribution >= 0.6 is 0 Å². The molecule has 6 rings (SSSR count). The van der Waals surface area contributed by atoms with Crippen LogP contribution in [0.15, 0.2) is 42.6 Å². The minimum absolute atomic E-state index is 0. The highest BCUT2D eigenvalue weighted by Gasteiger charge is 2.24. The van der Waals surface area contributed by atoms with Gasteiger partial charge in [0.05, 0.1) is 16.2 Å². The fourth-order valence-corrected chi connectivity index (χ4v) is 4.05. The lowest BCUT2D eigenvalue weighted by molar-refractivity contribution is -0.665. The van der Waals surface area contributed by atoms with Gasteiger partial charge in [0.2, 0.25) is 19.1 Å². The summed E-state index contributed by atoms with van der Waals surface area (Å²) in [5.74, 6) is 3.25. The lowest BCUT2D eigenvalue weighted by Gasteiger charge is -2.09. The van der Waals surface area contributed by atoms with Crippen LogP contribution in [0, 0.1) is 0 Å². The molecule has 0 amide bonds. The fourth-order valence-electron chi connectivity index (χ4n) is 4.05. The molecule has 3 heterocycles. The second kappa shape index (κ2) is 5.79. The lowest BCUT2D eigenvalue weighted by atomic mass is 10.00. The molecule has 0 spiro atoms. The molecule has 0 N–H and O–H groups in total. The van der Waals surface area contributed by atoms with Crippen LogP contribution in [0.3, 0.4) is 0 Å². The van der Waals surface area contributed by atoms with E-state index >= 15 is 0 Å². The van der Waals surface area contributed by atoms with Crippen LogP contribution < -0.4 is 35.9 Å². The molecule has 5 nitrogen and oxygen atoms in total. The van der Waals surface area contributed by atoms with E-state index in [0.717, 1.165) is 51.1 Å². The van der Waals surface area contributed by atoms with E-state index in [4.69, 9.17) is 18.9 Å². The van der Waals surface area contributed by atoms with Crippen molar-refractivity contribution in [1.29, 1.82) is 0 Å². The third-order valence-corrected chi connectivity index (χ3v) is 5.27. The molecule has 0 saturated carbocycles. The average Bonchev–Trinajstić information content (AvgIpc) is 3.33. The standard InChI is InChI=1S/C21H16NO4.ClH/c1-2-22-9-16-13(5-6-17-21(16)26-11-23-17)14-4-3-12-7-18-19(25-10-24-18)8-15(12)20(14)22;/h3-9H,2,10-11H2,1H3;1H/q+1;/p-1. The predicted octanol–water partition coefficient (Wildman–Crippen LogP) is 0.915. The third kappa shape index (κ3) is 2.15. The van der Waals surface area contributed by atoms with Crippen molar-refractivity contribution in [2.75, 3.05) is 13.6 Å². The first kappa shape index (κ1) is 16.3. The minimum atomic E-state index is 0. The smallest absolute Gasteiger partial charge is 0.231 e. The first-order valence-corrected chi connectivity index (χ1v) is 8.74. The quantitative estimate of drug-likeness (QED) is 0.363. The van der Waals surface area contributed by atoms with Gasteiger partial charge in [-0.2, -0.15) is 4.57 Å². The van der Waals surface area contributed by atoms with Gasteiger partial charge in [-0.05, 0) is 42.6 Å². The molecule has 136 valence electrons. The first-order chi connectivity index (χ1) is 12.8. The monoisotopic (exact) mass is 381 g/mol. The van der Waals surface area contributed by atoms with Crippen molar-refractivity contribution in [3.05, 3.63) is 42.6 Å². The molecule has 6 heteroatoms. The highest BCUT2D eigenvalue weighted by molar-refractivity contribution is 6.15. The number of pyridine rings is 1. The topological polar surface area (TPSA) is 40.8 Å². The second-order valence-electron chi connectivity index (χ2n) is 6.56. The average molecular weight is 382 g/mol. The van der Waals surface area contributed by atoms with Crippen LogP contribution in [0.5, 0.6) is 23.0 Å². The van der Waals surface area contributed by atoms with Gasteiger partial charge in [0.15, 0.2) is 29.2 Å². The zero-order chi connectivity index (χ0) is 17.3. The predicted molar refractivity (Wildman–Crippen MR) is 97.1 cm³/mol. The maximum atomic E-state index is 5.74. The van der Waals surface area contributed by atoms with E-state index in [9.17, 15) is 0 Å². The van der Waals surface area contributed by atoms with Gasteiger partial charge in [0.25, 0.3) is 0 Å². The van der Waals surface area contributed by atoms with Crippen LogP contribution in [0.1, 0.15) is 6.92 Å². The van der Waals surface area contributed by atoms with Crippen molar-refractivity contribution in [3.63, 3.8) is 0 Å². The van der Waals surface area contributed by atoms with E-state index < -0.39 is 0 Å². The summed E-state index contributed by atoms with van der Waals surface area (Å²) in [4.78, 5) is 0. The number of hydrogen-bond donors (Lipinski definition) is 0. The Bertz CT molecular complexity index is 1240. The summed E-state index contributed by atoms with van der Waals surface area (Å²) < 4.78 is 24.7. The highest BCUT2D eigenvalue weighted by atomic mass is 35.5. The van der Waals surface area contributed by atoms with Gasteiger partial charge in [0.1, 0.15) is 6.54 Å². The SMILES string of the molecule is CC[n+]1cc2c3c(ccc2c2ccc4cc5c(cc4c21)OCO5)OCO3.[Cl-]. The summed E-state index contributed by atoms with van der Waals surface area (Å²) in [6.07, 6.45) is 2.16. The molecule has 0 fully saturated rings. The number of halogens is 1. The van der Waals surface area contributed by atoms with E-state index in [1.165, 1.54) is 10.9 Å². The molecule has 1 aromatic heterocycles. The number of aromatic nitrogens is 1. The van der Waals surface area contributed by atoms with Crippen LogP contribution in [-0.4, -0.2) is 13.6 Å². The molecular weight excluding hydrogens is 366 g/mol. The van der Waals surface area contributed by atoms with E-state index in [1.807, 2.05) is 6.07 Å². The van der Waals surface area contributed by atoms with Crippen molar-refractivity contribution in [3.8, 4) is 23.0 Å². The van der Waals surface area contributed by atoms with Crippen LogP contribution in [0.4, 0.5) is 0 Å². The number of fused-ring (bicyclic) bond motifs is 8. The number of rotatable bonds is 1. The highest BCUT2D eigenvalue weighted by Crippen LogP contribution is 2.43. The molecule has 0 atom stereocenters. The second-order valence-corrected chi connectivity index (χ2v) is 6.56. The van der Waals surface area contributed by atoms with Gasteiger partial charge in [-0.25, -0.2) is 0 Å². The maximum Gasteiger partial charge on any atom is 0.231 e. The number of ether oxygens (including phenoxy) is 4. The fraction of sp³-hybridized carbons (Fsp3) is 0.190. The van der Waals surface area contributed by atoms with Gasteiger partial charge in [-0.3, -0.25) is 0 Å². The van der Waals surface area contributed by atoms with Crippen molar-refractivity contribution >= 4 is 32.4 Å². The molecule has 0 radical (unpaired) electrons. The van der Waals surface area contributed by atoms with Crippen LogP contribution in [-0.2, 0) is 6.54 Å². The van der Waals surface area contributed by atoms with Gasteiger partial charge >= 0.3 is 0 Å². The lowest BCUT2D eigenvalue weighted by Crippen LogP contribution is -3.00. The van der Waals surface area contributed by atoms with E-state index in [0.29, 0.717) is 0 Å². The Morgan fingerprint density at radius 3 is 2.37 bits per heavy atom. The number of aryl methyl sites for hydroxylation is 1. The molecule has 3 aromatic carbocycles. The Hall–Kier alpha value is -2.92. The molecule has 27 heavy (non-hydrogen) atoms. The van der Waals surface area contributed by atoms with Crippen molar-refractivity contribution in [2.24, 2.45) is 0 Å². The van der Waals surface area contributed by atoms with Crippen LogP contribution in [0.25, 0.3) is 32.4 Å². The molecule has 0 bridgehead atoms. The van der Waals surface area contributed by atoms with Gasteiger partial charge in [-0.15, -0.1) is 0 Å². The van der Waals surface area contributed by atoms with Gasteiger partial charge < -0.3 is 31.4 Å². The summed E-state index contributed by atoms with van der Waals surface area (Å²) in [5, 5.41) is 5.73. The minimum Gasteiger partial charge on any atom is -1.00 e. The number of benzene rings is 3. The Kier molecular flexibility index (Phi) is 3.49. The third-order valence-electron chi connectivity index (χ3n) is 5.27. The molecule has 2 aliphatic heterocycles. The van der Waals surface area contributed by atoms with Crippen LogP contribution in [0.2, 0.25) is 0 Å². The molecule has 0 saturated heterocycles. The van der Waals surface area contributed by atoms with Gasteiger partial charge in [-0.1, -0.05) is 6.07 Å². The van der Waals surface area contributed by atoms with Gasteiger partial charge in [0, 0.05) is 5.39 Å². The maximum absolute atomic E-state index is 5.74. The Morgan fingerprint density at radius 1 is 0.778 bits per heavy atom. The van der Waals surface area contributed by atoms with Crippen molar-refractivity contribution in [2.45, 2.75) is 13.5 Å². The molecule has 4 aromatic rings. The van der Waals surface area contributed by atoms with E-state index in [2.05, 4.69) is 48.0 Å². The molecule has 0 unspecified atom stereocenters. The molecular formula is C21H16ClNO4. The molecule has 2 aliphatic rings. The Balaban J connectivity index is 0.00000160. The summed E-state index contributed by atoms with van der Waals surface area (Å²) in [7, 11) is 0. The zero-order valence-corrected chi connectivity index (χ0v) is 15.4. The first-order valence-electron chi connectivity index (χ1n) is 8.74. The summed E-state index contributed by atoms with van der Waals surface area (Å²) in [6, 6.07) is 12.6. The zero-order valence-electron chi connectivity index (χ0n) is 14.6. The summed E-state index contributed by atoms with van der Waals surface area (Å²) in [5.41, 5.74) is 1.19. The van der Waals surface area contributed by atoms with E-state index in [-0.39, 0.29) is 26.0 Å². The normalized spacial score (nSPS) is 14.1.